The third-order valence-electron chi connectivity index (χ3n) is 4.38. The van der Waals surface area contributed by atoms with Gasteiger partial charge in [0.05, 0.1) is 12.7 Å². The molecule has 5 heteroatoms. The van der Waals surface area contributed by atoms with Gasteiger partial charge in [-0.15, -0.1) is 0 Å². The summed E-state index contributed by atoms with van der Waals surface area (Å²) in [6.07, 6.45) is 4.46. The monoisotopic (exact) mass is 310 g/mol. The largest absolute Gasteiger partial charge is 0.496 e. The molecule has 0 aromatic heterocycles. The Labute approximate surface area is 131 Å². The average molecular weight is 311 g/mol. The summed E-state index contributed by atoms with van der Waals surface area (Å²) in [5.41, 5.74) is 6.41. The number of methoxy groups -OCH3 is 1. The molecule has 1 saturated carbocycles. The van der Waals surface area contributed by atoms with Gasteiger partial charge in [-0.1, -0.05) is 24.4 Å². The molecule has 1 fully saturated rings. The molecular formula is C16H23ClN2O2. The van der Waals surface area contributed by atoms with Crippen molar-refractivity contribution < 1.29 is 9.53 Å². The Balaban J connectivity index is 2.22. The lowest BCUT2D eigenvalue weighted by molar-refractivity contribution is 0.0617. The van der Waals surface area contributed by atoms with Crippen LogP contribution in [0.5, 0.6) is 5.75 Å². The summed E-state index contributed by atoms with van der Waals surface area (Å²) in [4.78, 5) is 14.6. The van der Waals surface area contributed by atoms with E-state index >= 15 is 0 Å². The van der Waals surface area contributed by atoms with E-state index < -0.39 is 0 Å². The van der Waals surface area contributed by atoms with Crippen LogP contribution in [0.15, 0.2) is 18.2 Å². The Kier molecular flexibility index (Phi) is 5.48. The highest BCUT2D eigenvalue weighted by molar-refractivity contribution is 6.30. The zero-order chi connectivity index (χ0) is 15.4. The number of rotatable bonds is 4. The molecule has 116 valence electrons. The zero-order valence-corrected chi connectivity index (χ0v) is 13.4. The third-order valence-corrected chi connectivity index (χ3v) is 4.62. The molecule has 1 aromatic carbocycles. The van der Waals surface area contributed by atoms with Crippen LogP contribution < -0.4 is 10.5 Å². The van der Waals surface area contributed by atoms with Crippen LogP contribution in [0, 0.1) is 5.92 Å². The van der Waals surface area contributed by atoms with Crippen molar-refractivity contribution in [2.24, 2.45) is 11.7 Å². The highest BCUT2D eigenvalue weighted by Gasteiger charge is 2.31. The van der Waals surface area contributed by atoms with Crippen LogP contribution in [0.4, 0.5) is 0 Å². The van der Waals surface area contributed by atoms with E-state index in [4.69, 9.17) is 22.1 Å². The van der Waals surface area contributed by atoms with Crippen LogP contribution in [-0.2, 0) is 0 Å². The van der Waals surface area contributed by atoms with Gasteiger partial charge >= 0.3 is 0 Å². The van der Waals surface area contributed by atoms with Gasteiger partial charge in [-0.25, -0.2) is 0 Å². The Hall–Kier alpha value is -1.26. The number of benzene rings is 1. The van der Waals surface area contributed by atoms with Gasteiger partial charge in [0.2, 0.25) is 0 Å². The van der Waals surface area contributed by atoms with Crippen molar-refractivity contribution in [3.8, 4) is 5.75 Å². The minimum absolute atomic E-state index is 0.0335. The first-order chi connectivity index (χ1) is 10.1. The molecule has 0 spiro atoms. The maximum absolute atomic E-state index is 12.8. The maximum Gasteiger partial charge on any atom is 0.257 e. The van der Waals surface area contributed by atoms with Gasteiger partial charge < -0.3 is 15.4 Å². The minimum atomic E-state index is -0.0335. The predicted octanol–water partition coefficient (Wildman–Crippen LogP) is 2.94. The lowest BCUT2D eigenvalue weighted by atomic mass is 9.83. The second kappa shape index (κ2) is 7.14. The van der Waals surface area contributed by atoms with Gasteiger partial charge in [0.1, 0.15) is 5.75 Å². The Morgan fingerprint density at radius 3 is 2.81 bits per heavy atom. The van der Waals surface area contributed by atoms with Crippen LogP contribution in [0.2, 0.25) is 5.02 Å². The Morgan fingerprint density at radius 2 is 2.14 bits per heavy atom. The fourth-order valence-corrected chi connectivity index (χ4v) is 3.32. The molecule has 2 rings (SSSR count). The molecule has 1 aliphatic rings. The topological polar surface area (TPSA) is 55.6 Å². The van der Waals surface area contributed by atoms with E-state index in [0.717, 1.165) is 19.3 Å². The van der Waals surface area contributed by atoms with E-state index in [2.05, 4.69) is 0 Å². The Bertz CT molecular complexity index is 507. The summed E-state index contributed by atoms with van der Waals surface area (Å²) in [7, 11) is 3.40. The molecule has 0 heterocycles. The van der Waals surface area contributed by atoms with Gasteiger partial charge in [-0.3, -0.25) is 4.79 Å². The average Bonchev–Trinajstić information content (AvgIpc) is 2.53. The van der Waals surface area contributed by atoms with E-state index in [9.17, 15) is 4.79 Å². The number of halogens is 1. The molecule has 0 saturated heterocycles. The molecule has 0 aliphatic heterocycles. The molecule has 1 aromatic rings. The fraction of sp³-hybridized carbons (Fsp3) is 0.562. The van der Waals surface area contributed by atoms with Crippen LogP contribution in [0.25, 0.3) is 0 Å². The summed E-state index contributed by atoms with van der Waals surface area (Å²) in [5.74, 6) is 0.860. The number of hydrogen-bond donors (Lipinski definition) is 1. The highest BCUT2D eigenvalue weighted by atomic mass is 35.5. The van der Waals surface area contributed by atoms with Crippen molar-refractivity contribution in [2.45, 2.75) is 31.7 Å². The summed E-state index contributed by atoms with van der Waals surface area (Å²) in [5, 5.41) is 0.559. The molecule has 0 bridgehead atoms. The second-order valence-corrected chi connectivity index (χ2v) is 6.04. The first-order valence-electron chi connectivity index (χ1n) is 7.39. The summed E-state index contributed by atoms with van der Waals surface area (Å²) < 4.78 is 5.28. The number of ether oxygens (including phenoxy) is 1. The lowest BCUT2D eigenvalue weighted by Gasteiger charge is -2.37. The van der Waals surface area contributed by atoms with Crippen molar-refractivity contribution in [1.29, 1.82) is 0 Å². The van der Waals surface area contributed by atoms with Crippen molar-refractivity contribution in [2.75, 3.05) is 20.7 Å². The van der Waals surface area contributed by atoms with Crippen molar-refractivity contribution >= 4 is 17.5 Å². The molecule has 2 unspecified atom stereocenters. The van der Waals surface area contributed by atoms with Gasteiger partial charge in [-0.2, -0.15) is 0 Å². The summed E-state index contributed by atoms with van der Waals surface area (Å²) in [6.45, 7) is 0.625. The van der Waals surface area contributed by atoms with Gasteiger partial charge in [0.25, 0.3) is 5.91 Å². The Morgan fingerprint density at radius 1 is 1.43 bits per heavy atom. The van der Waals surface area contributed by atoms with E-state index in [1.165, 1.54) is 6.42 Å². The smallest absolute Gasteiger partial charge is 0.257 e. The quantitative estimate of drug-likeness (QED) is 0.930. The van der Waals surface area contributed by atoms with Gasteiger partial charge in [0.15, 0.2) is 0 Å². The molecule has 2 N–H and O–H groups in total. The number of nitrogens with zero attached hydrogens (tertiary/aromatic N) is 1. The summed E-state index contributed by atoms with van der Waals surface area (Å²) in [6, 6.07) is 5.31. The molecular weight excluding hydrogens is 288 g/mol. The van der Waals surface area contributed by atoms with Crippen molar-refractivity contribution in [1.82, 2.24) is 4.90 Å². The molecule has 4 nitrogen and oxygen atoms in total. The number of amides is 1. The second-order valence-electron chi connectivity index (χ2n) is 5.61. The minimum Gasteiger partial charge on any atom is -0.496 e. The summed E-state index contributed by atoms with van der Waals surface area (Å²) >= 11 is 5.95. The number of carbonyl (C=O) groups excluding carboxylic acids is 1. The van der Waals surface area contributed by atoms with E-state index in [-0.39, 0.29) is 11.9 Å². The van der Waals surface area contributed by atoms with E-state index in [1.54, 1.807) is 25.3 Å². The fourth-order valence-electron chi connectivity index (χ4n) is 3.16. The molecule has 21 heavy (non-hydrogen) atoms. The van der Waals surface area contributed by atoms with Gasteiger partial charge in [-0.05, 0) is 43.5 Å². The van der Waals surface area contributed by atoms with Crippen LogP contribution >= 0.6 is 11.6 Å². The zero-order valence-electron chi connectivity index (χ0n) is 12.6. The number of hydrogen-bond acceptors (Lipinski definition) is 3. The van der Waals surface area contributed by atoms with Gasteiger partial charge in [0, 0.05) is 18.1 Å². The molecule has 0 radical (unpaired) electrons. The normalized spacial score (nSPS) is 21.9. The third kappa shape index (κ3) is 3.50. The maximum atomic E-state index is 12.8. The van der Waals surface area contributed by atoms with Crippen LogP contribution in [0.1, 0.15) is 36.0 Å². The SMILES string of the molecule is COc1cc(Cl)ccc1C(=O)N(C)C1CCCCC1CN. The number of nitrogens with two attached hydrogens (primary N) is 1. The first-order valence-corrected chi connectivity index (χ1v) is 7.77. The number of carbonyl (C=O) groups is 1. The standard InChI is InChI=1S/C16H23ClN2O2/c1-19(14-6-4-3-5-11(14)10-18)16(20)13-8-7-12(17)9-15(13)21-2/h7-9,11,14H,3-6,10,18H2,1-2H3. The highest BCUT2D eigenvalue weighted by Crippen LogP contribution is 2.30. The van der Waals surface area contributed by atoms with Crippen molar-refractivity contribution in [3.05, 3.63) is 28.8 Å². The van der Waals surface area contributed by atoms with E-state index in [1.807, 2.05) is 11.9 Å². The van der Waals surface area contributed by atoms with Crippen LogP contribution in [0.3, 0.4) is 0 Å². The van der Waals surface area contributed by atoms with E-state index in [0.29, 0.717) is 28.8 Å². The predicted molar refractivity (Wildman–Crippen MR) is 84.9 cm³/mol. The molecule has 2 atom stereocenters. The molecule has 1 amide bonds. The first kappa shape index (κ1) is 16.1. The molecule has 1 aliphatic carbocycles. The lowest BCUT2D eigenvalue weighted by Crippen LogP contribution is -2.46. The van der Waals surface area contributed by atoms with Crippen LogP contribution in [-0.4, -0.2) is 37.6 Å². The van der Waals surface area contributed by atoms with Crippen molar-refractivity contribution in [3.63, 3.8) is 0 Å².